The summed E-state index contributed by atoms with van der Waals surface area (Å²) >= 11 is 0. The normalized spacial score (nSPS) is 13.4. The van der Waals surface area contributed by atoms with E-state index in [9.17, 15) is 12.8 Å². The third-order valence-electron chi connectivity index (χ3n) is 3.67. The first-order valence-corrected chi connectivity index (χ1v) is 8.70. The molecule has 4 nitrogen and oxygen atoms in total. The molecule has 0 atom stereocenters. The first kappa shape index (κ1) is 17.9. The number of fused-ring (bicyclic) bond motifs is 1. The summed E-state index contributed by atoms with van der Waals surface area (Å²) in [5.74, 6) is -0.527. The molecule has 1 heterocycles. The minimum atomic E-state index is -3.45. The molecule has 124 valence electrons. The summed E-state index contributed by atoms with van der Waals surface area (Å²) in [6.45, 7) is 1.95. The Morgan fingerprint density at radius 3 is 2.39 bits per heavy atom. The number of hydrogen-bond donors (Lipinski definition) is 2. The van der Waals surface area contributed by atoms with E-state index in [0.717, 1.165) is 18.7 Å². The Morgan fingerprint density at radius 2 is 1.65 bits per heavy atom. The van der Waals surface area contributed by atoms with Crippen LogP contribution in [0, 0.1) is 5.82 Å². The highest BCUT2D eigenvalue weighted by atomic mass is 35.5. The van der Waals surface area contributed by atoms with Crippen LogP contribution in [0.3, 0.4) is 0 Å². The van der Waals surface area contributed by atoms with Gasteiger partial charge in [-0.2, -0.15) is 0 Å². The van der Waals surface area contributed by atoms with Crippen LogP contribution in [0.1, 0.15) is 22.3 Å². The molecule has 0 spiro atoms. The Labute approximate surface area is 141 Å². The average molecular weight is 357 g/mol. The summed E-state index contributed by atoms with van der Waals surface area (Å²) in [6.07, 6.45) is 0. The van der Waals surface area contributed by atoms with Crippen LogP contribution in [0.5, 0.6) is 0 Å². The quantitative estimate of drug-likeness (QED) is 0.865. The second-order valence-corrected chi connectivity index (χ2v) is 7.22. The number of nitrogens with one attached hydrogen (secondary N) is 2. The van der Waals surface area contributed by atoms with Crippen LogP contribution >= 0.6 is 12.4 Å². The fourth-order valence-corrected chi connectivity index (χ4v) is 3.62. The van der Waals surface area contributed by atoms with E-state index in [1.165, 1.54) is 35.4 Å². The van der Waals surface area contributed by atoms with Gasteiger partial charge in [-0.15, -0.1) is 12.4 Å². The molecular weight excluding hydrogens is 339 g/mol. The molecule has 0 bridgehead atoms. The molecule has 3 rings (SSSR count). The van der Waals surface area contributed by atoms with E-state index in [-0.39, 0.29) is 30.5 Å². The van der Waals surface area contributed by atoms with Gasteiger partial charge in [0.15, 0.2) is 0 Å². The highest BCUT2D eigenvalue weighted by Crippen LogP contribution is 2.17. The first-order chi connectivity index (χ1) is 10.5. The maximum absolute atomic E-state index is 12.8. The second-order valence-electron chi connectivity index (χ2n) is 5.41. The number of halogens is 2. The number of rotatable bonds is 5. The van der Waals surface area contributed by atoms with Gasteiger partial charge in [0.25, 0.3) is 0 Å². The van der Waals surface area contributed by atoms with Crippen molar-refractivity contribution in [3.63, 3.8) is 0 Å². The smallest absolute Gasteiger partial charge is 0.216 e. The van der Waals surface area contributed by atoms with Crippen molar-refractivity contribution in [2.75, 3.05) is 0 Å². The third-order valence-corrected chi connectivity index (χ3v) is 4.97. The van der Waals surface area contributed by atoms with E-state index in [4.69, 9.17) is 0 Å². The van der Waals surface area contributed by atoms with Crippen molar-refractivity contribution in [1.82, 2.24) is 10.0 Å². The molecule has 0 fully saturated rings. The molecule has 0 saturated heterocycles. The largest absolute Gasteiger partial charge is 0.309 e. The Morgan fingerprint density at radius 1 is 1.00 bits per heavy atom. The van der Waals surface area contributed by atoms with E-state index >= 15 is 0 Å². The molecule has 1 aliphatic rings. The summed E-state index contributed by atoms with van der Waals surface area (Å²) in [5.41, 5.74) is 3.98. The van der Waals surface area contributed by atoms with Crippen molar-refractivity contribution >= 4 is 22.4 Å². The zero-order valence-electron chi connectivity index (χ0n) is 12.4. The third kappa shape index (κ3) is 4.75. The lowest BCUT2D eigenvalue weighted by Crippen LogP contribution is -2.24. The van der Waals surface area contributed by atoms with Gasteiger partial charge in [-0.1, -0.05) is 30.3 Å². The Bertz CT molecular complexity index is 779. The fraction of sp³-hybridized carbons (Fsp3) is 0.250. The van der Waals surface area contributed by atoms with E-state index < -0.39 is 10.0 Å². The zero-order chi connectivity index (χ0) is 15.6. The molecule has 1 aliphatic heterocycles. The molecular formula is C16H18ClFN2O2S. The van der Waals surface area contributed by atoms with Gasteiger partial charge in [-0.25, -0.2) is 17.5 Å². The molecule has 0 radical (unpaired) electrons. The molecule has 2 N–H and O–H groups in total. The standard InChI is InChI=1S/C16H17FN2O2S.ClH/c17-16-5-2-12(3-6-16)11-22(20,21)19-8-13-1-4-14-9-18-10-15(14)7-13;/h1-7,18-19H,8-11H2;1H. The number of benzene rings is 2. The lowest BCUT2D eigenvalue weighted by atomic mass is 10.1. The monoisotopic (exact) mass is 356 g/mol. The van der Waals surface area contributed by atoms with Gasteiger partial charge in [0.05, 0.1) is 5.75 Å². The molecule has 23 heavy (non-hydrogen) atoms. The fourth-order valence-electron chi connectivity index (χ4n) is 2.50. The number of sulfonamides is 1. The van der Waals surface area contributed by atoms with Crippen LogP contribution in [-0.2, 0) is 35.4 Å². The summed E-state index contributed by atoms with van der Waals surface area (Å²) < 4.78 is 39.6. The van der Waals surface area contributed by atoms with Crippen molar-refractivity contribution in [3.8, 4) is 0 Å². The summed E-state index contributed by atoms with van der Waals surface area (Å²) in [4.78, 5) is 0. The van der Waals surface area contributed by atoms with E-state index in [1.807, 2.05) is 18.2 Å². The molecule has 2 aromatic carbocycles. The van der Waals surface area contributed by atoms with Crippen molar-refractivity contribution in [2.24, 2.45) is 0 Å². The lowest BCUT2D eigenvalue weighted by molar-refractivity contribution is 0.580. The van der Waals surface area contributed by atoms with Gasteiger partial charge >= 0.3 is 0 Å². The highest BCUT2D eigenvalue weighted by Gasteiger charge is 2.13. The van der Waals surface area contributed by atoms with Crippen LogP contribution in [0.2, 0.25) is 0 Å². The lowest BCUT2D eigenvalue weighted by Gasteiger charge is -2.08. The Hall–Kier alpha value is -1.47. The van der Waals surface area contributed by atoms with Crippen molar-refractivity contribution < 1.29 is 12.8 Å². The van der Waals surface area contributed by atoms with Crippen molar-refractivity contribution in [2.45, 2.75) is 25.4 Å². The van der Waals surface area contributed by atoms with Gasteiger partial charge in [0.2, 0.25) is 10.0 Å². The second kappa shape index (κ2) is 7.40. The maximum atomic E-state index is 12.8. The van der Waals surface area contributed by atoms with Crippen molar-refractivity contribution in [3.05, 3.63) is 70.5 Å². The van der Waals surface area contributed by atoms with Crippen LogP contribution < -0.4 is 10.0 Å². The minimum absolute atomic E-state index is 0. The molecule has 0 saturated carbocycles. The first-order valence-electron chi connectivity index (χ1n) is 7.05. The molecule has 0 amide bonds. The van der Waals surface area contributed by atoms with Crippen molar-refractivity contribution in [1.29, 1.82) is 0 Å². The number of hydrogen-bond acceptors (Lipinski definition) is 3. The molecule has 7 heteroatoms. The average Bonchev–Trinajstić information content (AvgIpc) is 2.95. The van der Waals surface area contributed by atoms with Gasteiger partial charge in [0, 0.05) is 19.6 Å². The van der Waals surface area contributed by atoms with E-state index in [2.05, 4.69) is 10.0 Å². The topological polar surface area (TPSA) is 58.2 Å². The van der Waals surface area contributed by atoms with Crippen LogP contribution in [0.15, 0.2) is 42.5 Å². The van der Waals surface area contributed by atoms with E-state index in [0.29, 0.717) is 5.56 Å². The molecule has 0 aliphatic carbocycles. The molecule has 2 aromatic rings. The predicted molar refractivity (Wildman–Crippen MR) is 90.1 cm³/mol. The van der Waals surface area contributed by atoms with Crippen LogP contribution in [0.25, 0.3) is 0 Å². The van der Waals surface area contributed by atoms with Gasteiger partial charge in [-0.05, 0) is 34.4 Å². The molecule has 0 unspecified atom stereocenters. The summed E-state index contributed by atoms with van der Waals surface area (Å²) in [6, 6.07) is 11.5. The minimum Gasteiger partial charge on any atom is -0.309 e. The summed E-state index contributed by atoms with van der Waals surface area (Å²) in [7, 11) is -3.45. The molecule has 0 aromatic heterocycles. The highest BCUT2D eigenvalue weighted by molar-refractivity contribution is 7.88. The Kier molecular flexibility index (Phi) is 5.75. The SMILES string of the molecule is Cl.O=S(=O)(Cc1ccc(F)cc1)NCc1ccc2c(c1)CNC2. The Balaban J connectivity index is 0.00000192. The maximum Gasteiger partial charge on any atom is 0.216 e. The van der Waals surface area contributed by atoms with Crippen LogP contribution in [0.4, 0.5) is 4.39 Å². The van der Waals surface area contributed by atoms with E-state index in [1.54, 1.807) is 0 Å². The summed E-state index contributed by atoms with van der Waals surface area (Å²) in [5, 5.41) is 3.26. The van der Waals surface area contributed by atoms with Crippen LogP contribution in [-0.4, -0.2) is 8.42 Å². The zero-order valence-corrected chi connectivity index (χ0v) is 14.0. The predicted octanol–water partition coefficient (Wildman–Crippen LogP) is 2.47. The van der Waals surface area contributed by atoms with Gasteiger partial charge in [-0.3, -0.25) is 0 Å². The van der Waals surface area contributed by atoms with Gasteiger partial charge < -0.3 is 5.32 Å². The van der Waals surface area contributed by atoms with Gasteiger partial charge in [0.1, 0.15) is 5.82 Å².